The van der Waals surface area contributed by atoms with Gasteiger partial charge in [-0.3, -0.25) is 4.79 Å². The van der Waals surface area contributed by atoms with Crippen molar-refractivity contribution in [3.8, 4) is 17.1 Å². The SMILES string of the molecule is CON=COC(=O)Cc1cnc(-c2ccc(OC)cc2C)[nH]1. The van der Waals surface area contributed by atoms with Gasteiger partial charge < -0.3 is 19.3 Å². The number of oxime groups is 1. The van der Waals surface area contributed by atoms with Crippen LogP contribution < -0.4 is 4.74 Å². The summed E-state index contributed by atoms with van der Waals surface area (Å²) in [5.41, 5.74) is 2.62. The van der Waals surface area contributed by atoms with Crippen molar-refractivity contribution in [2.75, 3.05) is 14.2 Å². The van der Waals surface area contributed by atoms with E-state index in [0.29, 0.717) is 11.5 Å². The number of hydrogen-bond acceptors (Lipinski definition) is 6. The van der Waals surface area contributed by atoms with Crippen LogP contribution in [0.15, 0.2) is 29.6 Å². The number of aromatic nitrogens is 2. The van der Waals surface area contributed by atoms with Gasteiger partial charge in [-0.15, -0.1) is 0 Å². The fraction of sp³-hybridized carbons (Fsp3) is 0.267. The third-order valence-corrected chi connectivity index (χ3v) is 2.98. The van der Waals surface area contributed by atoms with Crippen LogP contribution in [0.5, 0.6) is 5.75 Å². The third kappa shape index (κ3) is 3.85. The van der Waals surface area contributed by atoms with E-state index in [1.807, 2.05) is 25.1 Å². The minimum atomic E-state index is -0.456. The lowest BCUT2D eigenvalue weighted by molar-refractivity contribution is -0.134. The molecule has 0 fully saturated rings. The average Bonchev–Trinajstić information content (AvgIpc) is 2.95. The Bertz CT molecular complexity index is 679. The van der Waals surface area contributed by atoms with Crippen molar-refractivity contribution in [3.63, 3.8) is 0 Å². The number of nitrogens with one attached hydrogen (secondary N) is 1. The first-order chi connectivity index (χ1) is 10.6. The first-order valence-corrected chi connectivity index (χ1v) is 6.57. The van der Waals surface area contributed by atoms with Crippen LogP contribution in [0.2, 0.25) is 0 Å². The first kappa shape index (κ1) is 15.6. The minimum Gasteiger partial charge on any atom is -0.497 e. The number of H-pyrrole nitrogens is 1. The predicted octanol–water partition coefficient (Wildman–Crippen LogP) is 2.07. The highest BCUT2D eigenvalue weighted by molar-refractivity contribution is 5.79. The van der Waals surface area contributed by atoms with E-state index >= 15 is 0 Å². The van der Waals surface area contributed by atoms with Gasteiger partial charge in [0.1, 0.15) is 18.7 Å². The van der Waals surface area contributed by atoms with Crippen LogP contribution >= 0.6 is 0 Å². The molecule has 0 atom stereocenters. The standard InChI is InChI=1S/C15H17N3O4/c1-10-6-12(20-2)4-5-13(10)15-16-8-11(18-15)7-14(19)22-9-17-21-3/h4-6,8-9H,7H2,1-3H3,(H,16,18). The van der Waals surface area contributed by atoms with Gasteiger partial charge in [-0.05, 0) is 30.7 Å². The Labute approximate surface area is 127 Å². The van der Waals surface area contributed by atoms with Gasteiger partial charge in [0.15, 0.2) is 0 Å². The second kappa shape index (κ2) is 7.26. The number of esters is 1. The van der Waals surface area contributed by atoms with Gasteiger partial charge in [-0.2, -0.15) is 0 Å². The van der Waals surface area contributed by atoms with E-state index in [1.165, 1.54) is 7.11 Å². The summed E-state index contributed by atoms with van der Waals surface area (Å²) in [5, 5.41) is 3.33. The van der Waals surface area contributed by atoms with Crippen LogP contribution in [-0.2, 0) is 20.8 Å². The molecular weight excluding hydrogens is 286 g/mol. The van der Waals surface area contributed by atoms with E-state index < -0.39 is 5.97 Å². The van der Waals surface area contributed by atoms with E-state index in [9.17, 15) is 4.79 Å². The molecule has 22 heavy (non-hydrogen) atoms. The quantitative estimate of drug-likeness (QED) is 0.382. The Hall–Kier alpha value is -2.83. The number of hydrogen-bond donors (Lipinski definition) is 1. The summed E-state index contributed by atoms with van der Waals surface area (Å²) >= 11 is 0. The van der Waals surface area contributed by atoms with E-state index in [-0.39, 0.29) is 6.42 Å². The number of benzene rings is 1. The molecule has 1 aromatic carbocycles. The zero-order valence-electron chi connectivity index (χ0n) is 12.6. The van der Waals surface area contributed by atoms with E-state index in [0.717, 1.165) is 23.3 Å². The van der Waals surface area contributed by atoms with Crippen molar-refractivity contribution in [2.24, 2.45) is 5.16 Å². The van der Waals surface area contributed by atoms with E-state index in [2.05, 4.69) is 20.0 Å². The van der Waals surface area contributed by atoms with Crippen molar-refractivity contribution in [2.45, 2.75) is 13.3 Å². The lowest BCUT2D eigenvalue weighted by atomic mass is 10.1. The normalized spacial score (nSPS) is 10.7. The maximum Gasteiger partial charge on any atom is 0.318 e. The van der Waals surface area contributed by atoms with E-state index in [4.69, 9.17) is 9.47 Å². The van der Waals surface area contributed by atoms with Gasteiger partial charge in [-0.1, -0.05) is 5.16 Å². The molecule has 0 unspecified atom stereocenters. The number of aromatic amines is 1. The van der Waals surface area contributed by atoms with Crippen molar-refractivity contribution >= 4 is 12.4 Å². The summed E-state index contributed by atoms with van der Waals surface area (Å²) in [6.07, 6.45) is 2.62. The largest absolute Gasteiger partial charge is 0.497 e. The molecule has 0 bridgehead atoms. The Balaban J connectivity index is 2.08. The number of imidazole rings is 1. The maximum absolute atomic E-state index is 11.6. The Kier molecular flexibility index (Phi) is 5.13. The van der Waals surface area contributed by atoms with Crippen molar-refractivity contribution in [1.29, 1.82) is 0 Å². The van der Waals surface area contributed by atoms with Gasteiger partial charge in [0, 0.05) is 17.5 Å². The smallest absolute Gasteiger partial charge is 0.318 e. The Morgan fingerprint density at radius 1 is 1.41 bits per heavy atom. The second-order valence-corrected chi connectivity index (χ2v) is 4.50. The highest BCUT2D eigenvalue weighted by Crippen LogP contribution is 2.24. The molecule has 0 spiro atoms. The number of carbonyl (C=O) groups excluding carboxylic acids is 1. The predicted molar refractivity (Wildman–Crippen MR) is 80.6 cm³/mol. The topological polar surface area (TPSA) is 85.8 Å². The molecule has 2 rings (SSSR count). The number of carbonyl (C=O) groups is 1. The molecule has 1 N–H and O–H groups in total. The van der Waals surface area contributed by atoms with Gasteiger partial charge in [-0.25, -0.2) is 4.98 Å². The second-order valence-electron chi connectivity index (χ2n) is 4.50. The summed E-state index contributed by atoms with van der Waals surface area (Å²) < 4.78 is 9.91. The van der Waals surface area contributed by atoms with Crippen LogP contribution in [0.4, 0.5) is 0 Å². The van der Waals surface area contributed by atoms with Crippen LogP contribution in [0.25, 0.3) is 11.4 Å². The lowest BCUT2D eigenvalue weighted by Gasteiger charge is -2.05. The molecule has 0 amide bonds. The fourth-order valence-corrected chi connectivity index (χ4v) is 1.94. The molecule has 0 aliphatic heterocycles. The fourth-order valence-electron chi connectivity index (χ4n) is 1.94. The lowest BCUT2D eigenvalue weighted by Crippen LogP contribution is -2.07. The summed E-state index contributed by atoms with van der Waals surface area (Å²) in [4.78, 5) is 23.3. The van der Waals surface area contributed by atoms with Gasteiger partial charge in [0.05, 0.1) is 13.5 Å². The average molecular weight is 303 g/mol. The summed E-state index contributed by atoms with van der Waals surface area (Å²) in [6, 6.07) is 5.70. The van der Waals surface area contributed by atoms with E-state index in [1.54, 1.807) is 13.3 Å². The van der Waals surface area contributed by atoms with Crippen molar-refractivity contribution in [3.05, 3.63) is 35.7 Å². The van der Waals surface area contributed by atoms with Crippen LogP contribution in [0.1, 0.15) is 11.3 Å². The molecule has 0 saturated carbocycles. The monoisotopic (exact) mass is 303 g/mol. The summed E-state index contributed by atoms with van der Waals surface area (Å²) in [5.74, 6) is 1.02. The molecule has 7 heteroatoms. The minimum absolute atomic E-state index is 0.0674. The molecule has 116 valence electrons. The van der Waals surface area contributed by atoms with Gasteiger partial charge >= 0.3 is 5.97 Å². The zero-order valence-corrected chi connectivity index (χ0v) is 12.6. The highest BCUT2D eigenvalue weighted by Gasteiger charge is 2.10. The molecule has 0 saturated heterocycles. The number of rotatable bonds is 6. The van der Waals surface area contributed by atoms with Crippen LogP contribution in [0, 0.1) is 6.92 Å². The number of nitrogens with zero attached hydrogens (tertiary/aromatic N) is 2. The maximum atomic E-state index is 11.6. The molecule has 7 nitrogen and oxygen atoms in total. The number of ether oxygens (including phenoxy) is 2. The Morgan fingerprint density at radius 2 is 2.23 bits per heavy atom. The molecule has 2 aromatic rings. The van der Waals surface area contributed by atoms with Crippen LogP contribution in [0.3, 0.4) is 0 Å². The molecular formula is C15H17N3O4. The summed E-state index contributed by atoms with van der Waals surface area (Å²) in [6.45, 7) is 1.97. The number of methoxy groups -OCH3 is 1. The van der Waals surface area contributed by atoms with Gasteiger partial charge in [0.2, 0.25) is 6.40 Å². The van der Waals surface area contributed by atoms with Crippen molar-refractivity contribution in [1.82, 2.24) is 9.97 Å². The Morgan fingerprint density at radius 3 is 2.91 bits per heavy atom. The van der Waals surface area contributed by atoms with Crippen molar-refractivity contribution < 1.29 is 19.1 Å². The number of aryl methyl sites for hydroxylation is 1. The molecule has 0 aliphatic carbocycles. The molecule has 0 radical (unpaired) electrons. The third-order valence-electron chi connectivity index (χ3n) is 2.98. The van der Waals surface area contributed by atoms with Crippen LogP contribution in [-0.4, -0.2) is 36.6 Å². The molecule has 0 aliphatic rings. The molecule has 1 aromatic heterocycles. The van der Waals surface area contributed by atoms with Gasteiger partial charge in [0.25, 0.3) is 0 Å². The zero-order chi connectivity index (χ0) is 15.9. The molecule has 1 heterocycles. The highest BCUT2D eigenvalue weighted by atomic mass is 16.6. The summed E-state index contributed by atoms with van der Waals surface area (Å²) in [7, 11) is 2.99. The first-order valence-electron chi connectivity index (χ1n) is 6.57.